The minimum absolute atomic E-state index is 0.0191. The van der Waals surface area contributed by atoms with Crippen molar-refractivity contribution in [2.45, 2.75) is 12.1 Å². The molecule has 1 aromatic carbocycles. The molecule has 0 aliphatic heterocycles. The minimum atomic E-state index is -1.26. The molecule has 0 heterocycles. The second kappa shape index (κ2) is 7.90. The Kier molecular flexibility index (Phi) is 6.50. The zero-order chi connectivity index (χ0) is 16.8. The highest BCUT2D eigenvalue weighted by Gasteiger charge is 2.29. The molecule has 0 atom stereocenters. The van der Waals surface area contributed by atoms with Crippen molar-refractivity contribution >= 4 is 5.69 Å². The molecule has 0 amide bonds. The minimum Gasteiger partial charge on any atom is -0.492 e. The number of ether oxygens (including phenoxy) is 2. The van der Waals surface area contributed by atoms with E-state index in [9.17, 15) is 25.4 Å². The first kappa shape index (κ1) is 18.1. The van der Waals surface area contributed by atoms with E-state index in [1.54, 1.807) is 0 Å². The number of nitro benzene ring substituents is 1. The van der Waals surface area contributed by atoms with Gasteiger partial charge in [0.15, 0.2) is 5.75 Å². The lowest BCUT2D eigenvalue weighted by Gasteiger charge is -2.29. The second-order valence-electron chi connectivity index (χ2n) is 4.68. The van der Waals surface area contributed by atoms with Crippen LogP contribution in [-0.2, 0) is 6.54 Å². The summed E-state index contributed by atoms with van der Waals surface area (Å²) in [6.07, 6.45) is 0. The number of rotatable bonds is 9. The van der Waals surface area contributed by atoms with Gasteiger partial charge in [0, 0.05) is 18.2 Å². The number of hydrogen-bond acceptors (Lipinski definition) is 8. The van der Waals surface area contributed by atoms with E-state index >= 15 is 0 Å². The standard InChI is InChI=1S/C13H20N2O7/c1-21-11-9(5-14-13(6-16,7-17)8-18)3-4-10(15(19)20)12(11)22-2/h3-4,14,16-18H,5-8H2,1-2H3. The zero-order valence-electron chi connectivity index (χ0n) is 12.4. The van der Waals surface area contributed by atoms with Gasteiger partial charge < -0.3 is 30.1 Å². The third-order valence-electron chi connectivity index (χ3n) is 3.34. The van der Waals surface area contributed by atoms with Crippen LogP contribution in [0.15, 0.2) is 12.1 Å². The van der Waals surface area contributed by atoms with Crippen LogP contribution in [0.4, 0.5) is 5.69 Å². The van der Waals surface area contributed by atoms with Crippen molar-refractivity contribution in [1.82, 2.24) is 5.32 Å². The van der Waals surface area contributed by atoms with Gasteiger partial charge in [-0.25, -0.2) is 0 Å². The summed E-state index contributed by atoms with van der Waals surface area (Å²) in [6.45, 7) is -1.34. The van der Waals surface area contributed by atoms with Crippen LogP contribution in [0.2, 0.25) is 0 Å². The second-order valence-corrected chi connectivity index (χ2v) is 4.68. The molecule has 0 saturated heterocycles. The number of aliphatic hydroxyl groups is 3. The molecule has 1 aromatic rings. The predicted octanol–water partition coefficient (Wildman–Crippen LogP) is -0.583. The summed E-state index contributed by atoms with van der Waals surface area (Å²) in [6, 6.07) is 2.75. The normalized spacial score (nSPS) is 11.3. The van der Waals surface area contributed by atoms with Crippen molar-refractivity contribution in [3.05, 3.63) is 27.8 Å². The molecule has 0 radical (unpaired) electrons. The fourth-order valence-corrected chi connectivity index (χ4v) is 1.90. The molecule has 0 aliphatic carbocycles. The number of nitro groups is 1. The monoisotopic (exact) mass is 316 g/mol. The van der Waals surface area contributed by atoms with Crippen LogP contribution in [0.25, 0.3) is 0 Å². The number of nitrogens with one attached hydrogen (secondary N) is 1. The van der Waals surface area contributed by atoms with Gasteiger partial charge in [-0.2, -0.15) is 0 Å². The quantitative estimate of drug-likeness (QED) is 0.351. The topological polar surface area (TPSA) is 134 Å². The lowest BCUT2D eigenvalue weighted by molar-refractivity contribution is -0.385. The van der Waals surface area contributed by atoms with Gasteiger partial charge in [-0.15, -0.1) is 0 Å². The Labute approximate surface area is 127 Å². The van der Waals surface area contributed by atoms with E-state index in [4.69, 9.17) is 9.47 Å². The van der Waals surface area contributed by atoms with Crippen molar-refractivity contribution in [2.24, 2.45) is 0 Å². The van der Waals surface area contributed by atoms with E-state index in [2.05, 4.69) is 5.32 Å². The van der Waals surface area contributed by atoms with Crippen molar-refractivity contribution < 1.29 is 29.7 Å². The van der Waals surface area contributed by atoms with E-state index in [0.29, 0.717) is 5.56 Å². The molecule has 1 rings (SSSR count). The van der Waals surface area contributed by atoms with Gasteiger partial charge in [0.25, 0.3) is 0 Å². The molecule has 0 bridgehead atoms. The van der Waals surface area contributed by atoms with Crippen molar-refractivity contribution in [1.29, 1.82) is 0 Å². The Morgan fingerprint density at radius 3 is 2.09 bits per heavy atom. The van der Waals surface area contributed by atoms with Gasteiger partial charge in [0.1, 0.15) is 0 Å². The van der Waals surface area contributed by atoms with Crippen molar-refractivity contribution in [2.75, 3.05) is 34.0 Å². The average Bonchev–Trinajstić information content (AvgIpc) is 2.55. The predicted molar refractivity (Wildman–Crippen MR) is 77.0 cm³/mol. The maximum absolute atomic E-state index is 11.0. The summed E-state index contributed by atoms with van der Waals surface area (Å²) in [4.78, 5) is 10.4. The van der Waals surface area contributed by atoms with Crippen LogP contribution < -0.4 is 14.8 Å². The highest BCUT2D eigenvalue weighted by molar-refractivity contribution is 5.59. The van der Waals surface area contributed by atoms with E-state index < -0.39 is 30.3 Å². The van der Waals surface area contributed by atoms with Gasteiger partial charge in [0.2, 0.25) is 5.75 Å². The first-order chi connectivity index (χ1) is 10.5. The first-order valence-corrected chi connectivity index (χ1v) is 6.44. The van der Waals surface area contributed by atoms with Crippen LogP contribution in [0.1, 0.15) is 5.56 Å². The molecule has 0 spiro atoms. The van der Waals surface area contributed by atoms with Gasteiger partial charge in [-0.05, 0) is 6.07 Å². The maximum Gasteiger partial charge on any atom is 0.314 e. The zero-order valence-corrected chi connectivity index (χ0v) is 12.4. The Hall–Kier alpha value is -1.94. The van der Waals surface area contributed by atoms with Gasteiger partial charge in [0.05, 0.1) is 44.5 Å². The molecule has 9 nitrogen and oxygen atoms in total. The maximum atomic E-state index is 11.0. The van der Waals surface area contributed by atoms with Crippen molar-refractivity contribution in [3.63, 3.8) is 0 Å². The smallest absolute Gasteiger partial charge is 0.314 e. The summed E-state index contributed by atoms with van der Waals surface area (Å²) >= 11 is 0. The first-order valence-electron chi connectivity index (χ1n) is 6.44. The third kappa shape index (κ3) is 3.63. The third-order valence-corrected chi connectivity index (χ3v) is 3.34. The molecule has 22 heavy (non-hydrogen) atoms. The fourth-order valence-electron chi connectivity index (χ4n) is 1.90. The average molecular weight is 316 g/mol. The van der Waals surface area contributed by atoms with E-state index in [1.165, 1.54) is 26.4 Å². The van der Waals surface area contributed by atoms with Crippen LogP contribution in [0.5, 0.6) is 11.5 Å². The molecule has 0 aromatic heterocycles. The fraction of sp³-hybridized carbons (Fsp3) is 0.538. The molecule has 4 N–H and O–H groups in total. The summed E-state index contributed by atoms with van der Waals surface area (Å²) < 4.78 is 10.2. The SMILES string of the molecule is COc1c(CNC(CO)(CO)CO)ccc([N+](=O)[O-])c1OC. The number of benzene rings is 1. The van der Waals surface area contributed by atoms with Crippen LogP contribution in [0.3, 0.4) is 0 Å². The van der Waals surface area contributed by atoms with Crippen LogP contribution in [-0.4, -0.2) is 59.8 Å². The number of hydrogen-bond donors (Lipinski definition) is 4. The molecule has 0 fully saturated rings. The van der Waals surface area contributed by atoms with E-state index in [1.807, 2.05) is 0 Å². The lowest BCUT2D eigenvalue weighted by Crippen LogP contribution is -2.54. The Morgan fingerprint density at radius 2 is 1.68 bits per heavy atom. The molecule has 0 saturated carbocycles. The Balaban J connectivity index is 3.13. The highest BCUT2D eigenvalue weighted by atomic mass is 16.6. The number of nitrogens with zero attached hydrogens (tertiary/aromatic N) is 1. The molecule has 124 valence electrons. The summed E-state index contributed by atoms with van der Waals surface area (Å²) in [5, 5.41) is 41.6. The van der Waals surface area contributed by atoms with Crippen molar-refractivity contribution in [3.8, 4) is 11.5 Å². The highest BCUT2D eigenvalue weighted by Crippen LogP contribution is 2.39. The van der Waals surface area contributed by atoms with E-state index in [0.717, 1.165) is 0 Å². The summed E-state index contributed by atoms with van der Waals surface area (Å²) in [5.74, 6) is 0.154. The molecular formula is C13H20N2O7. The van der Waals surface area contributed by atoms with Gasteiger partial charge >= 0.3 is 5.69 Å². The summed E-state index contributed by atoms with van der Waals surface area (Å²) in [7, 11) is 2.64. The molecular weight excluding hydrogens is 296 g/mol. The molecule has 0 unspecified atom stereocenters. The molecule has 0 aliphatic rings. The Morgan fingerprint density at radius 1 is 1.14 bits per heavy atom. The number of aliphatic hydroxyl groups excluding tert-OH is 3. The largest absolute Gasteiger partial charge is 0.492 e. The van der Waals surface area contributed by atoms with Crippen LogP contribution in [0, 0.1) is 10.1 Å². The lowest BCUT2D eigenvalue weighted by atomic mass is 10.0. The Bertz CT molecular complexity index is 509. The van der Waals surface area contributed by atoms with E-state index in [-0.39, 0.29) is 23.7 Å². The van der Waals surface area contributed by atoms with Gasteiger partial charge in [-0.3, -0.25) is 10.1 Å². The summed E-state index contributed by atoms with van der Waals surface area (Å²) in [5.41, 5.74) is -0.981. The van der Waals surface area contributed by atoms with Crippen LogP contribution >= 0.6 is 0 Å². The number of methoxy groups -OCH3 is 2. The van der Waals surface area contributed by atoms with Gasteiger partial charge in [-0.1, -0.05) is 0 Å². The molecule has 9 heteroatoms.